The van der Waals surface area contributed by atoms with Gasteiger partial charge in [0.2, 0.25) is 5.91 Å². The number of amides is 2. The summed E-state index contributed by atoms with van der Waals surface area (Å²) in [5, 5.41) is 2.94. The summed E-state index contributed by atoms with van der Waals surface area (Å²) in [5.74, 6) is 0.0377. The topological polar surface area (TPSA) is 52.7 Å². The number of piperazine rings is 1. The van der Waals surface area contributed by atoms with Crippen molar-refractivity contribution in [2.45, 2.75) is 13.0 Å². The van der Waals surface area contributed by atoms with Gasteiger partial charge in [-0.3, -0.25) is 14.5 Å². The third kappa shape index (κ3) is 4.25. The van der Waals surface area contributed by atoms with E-state index in [0.29, 0.717) is 31.7 Å². The molecule has 3 rings (SSSR count). The second kappa shape index (κ2) is 7.94. The normalized spacial score (nSPS) is 16.3. The molecule has 0 radical (unpaired) electrons. The summed E-state index contributed by atoms with van der Waals surface area (Å²) < 4.78 is 0. The van der Waals surface area contributed by atoms with Crippen molar-refractivity contribution < 1.29 is 9.59 Å². The maximum Gasteiger partial charge on any atom is 0.253 e. The standard InChI is InChI=1S/C20H23N3O2/c1-16(19(24)21-18-10-6-3-7-11-18)22-12-14-23(15-13-22)20(25)17-8-4-2-5-9-17/h2-11,16H,12-15H2,1H3,(H,21,24)/t16-/m1/s1. The van der Waals surface area contributed by atoms with E-state index in [-0.39, 0.29) is 17.9 Å². The minimum absolute atomic E-state index is 0.0194. The Morgan fingerprint density at radius 3 is 2.04 bits per heavy atom. The highest BCUT2D eigenvalue weighted by molar-refractivity contribution is 5.95. The van der Waals surface area contributed by atoms with Gasteiger partial charge in [-0.1, -0.05) is 36.4 Å². The molecule has 2 aromatic rings. The number of carbonyl (C=O) groups excluding carboxylic acids is 2. The summed E-state index contributed by atoms with van der Waals surface area (Å²) in [6, 6.07) is 18.6. The first kappa shape index (κ1) is 17.2. The van der Waals surface area contributed by atoms with Crippen LogP contribution in [0.2, 0.25) is 0 Å². The molecule has 0 bridgehead atoms. The van der Waals surface area contributed by atoms with Crippen LogP contribution in [0.5, 0.6) is 0 Å². The lowest BCUT2D eigenvalue weighted by atomic mass is 10.1. The van der Waals surface area contributed by atoms with E-state index in [1.54, 1.807) is 0 Å². The van der Waals surface area contributed by atoms with Gasteiger partial charge in [0.05, 0.1) is 6.04 Å². The van der Waals surface area contributed by atoms with Gasteiger partial charge in [-0.05, 0) is 31.2 Å². The van der Waals surface area contributed by atoms with Crippen LogP contribution in [0.25, 0.3) is 0 Å². The molecule has 0 spiro atoms. The van der Waals surface area contributed by atoms with Crippen LogP contribution < -0.4 is 5.32 Å². The Balaban J connectivity index is 1.53. The number of para-hydroxylation sites is 1. The zero-order valence-electron chi connectivity index (χ0n) is 14.4. The van der Waals surface area contributed by atoms with Crippen molar-refractivity contribution in [2.75, 3.05) is 31.5 Å². The third-order valence-corrected chi connectivity index (χ3v) is 4.59. The Labute approximate surface area is 148 Å². The average Bonchev–Trinajstić information content (AvgIpc) is 2.68. The van der Waals surface area contributed by atoms with Gasteiger partial charge in [0, 0.05) is 37.4 Å². The van der Waals surface area contributed by atoms with E-state index in [1.165, 1.54) is 0 Å². The molecule has 1 aliphatic rings. The average molecular weight is 337 g/mol. The molecule has 1 atom stereocenters. The molecule has 1 heterocycles. The van der Waals surface area contributed by atoms with Gasteiger partial charge in [-0.2, -0.15) is 0 Å². The van der Waals surface area contributed by atoms with Crippen LogP contribution in [0.1, 0.15) is 17.3 Å². The molecule has 0 aliphatic carbocycles. The van der Waals surface area contributed by atoms with Crippen molar-refractivity contribution in [2.24, 2.45) is 0 Å². The molecule has 5 heteroatoms. The van der Waals surface area contributed by atoms with Gasteiger partial charge in [0.15, 0.2) is 0 Å². The number of hydrogen-bond donors (Lipinski definition) is 1. The third-order valence-electron chi connectivity index (χ3n) is 4.59. The Kier molecular flexibility index (Phi) is 5.46. The number of benzene rings is 2. The van der Waals surface area contributed by atoms with Crippen molar-refractivity contribution in [1.29, 1.82) is 0 Å². The van der Waals surface area contributed by atoms with E-state index in [0.717, 1.165) is 5.69 Å². The minimum atomic E-state index is -0.228. The molecule has 1 fully saturated rings. The van der Waals surface area contributed by atoms with E-state index < -0.39 is 0 Å². The molecule has 0 unspecified atom stereocenters. The Hall–Kier alpha value is -2.66. The summed E-state index contributed by atoms with van der Waals surface area (Å²) in [6.07, 6.45) is 0. The second-order valence-electron chi connectivity index (χ2n) is 6.23. The van der Waals surface area contributed by atoms with Crippen molar-refractivity contribution in [3.63, 3.8) is 0 Å². The summed E-state index contributed by atoms with van der Waals surface area (Å²) >= 11 is 0. The summed E-state index contributed by atoms with van der Waals surface area (Å²) in [7, 11) is 0. The largest absolute Gasteiger partial charge is 0.336 e. The Bertz CT molecular complexity index is 710. The zero-order chi connectivity index (χ0) is 17.6. The molecule has 2 amide bonds. The highest BCUT2D eigenvalue weighted by atomic mass is 16.2. The van der Waals surface area contributed by atoms with Crippen molar-refractivity contribution in [3.05, 3.63) is 66.2 Å². The monoisotopic (exact) mass is 337 g/mol. The minimum Gasteiger partial charge on any atom is -0.336 e. The smallest absolute Gasteiger partial charge is 0.253 e. The molecule has 25 heavy (non-hydrogen) atoms. The number of nitrogens with one attached hydrogen (secondary N) is 1. The first-order chi connectivity index (χ1) is 12.1. The van der Waals surface area contributed by atoms with Crippen LogP contribution in [0.4, 0.5) is 5.69 Å². The molecule has 0 saturated carbocycles. The predicted molar refractivity (Wildman–Crippen MR) is 98.5 cm³/mol. The highest BCUT2D eigenvalue weighted by Crippen LogP contribution is 2.13. The van der Waals surface area contributed by atoms with E-state index in [2.05, 4.69) is 10.2 Å². The molecule has 5 nitrogen and oxygen atoms in total. The van der Waals surface area contributed by atoms with Crippen molar-refractivity contribution in [3.8, 4) is 0 Å². The van der Waals surface area contributed by atoms with Gasteiger partial charge in [-0.15, -0.1) is 0 Å². The van der Waals surface area contributed by atoms with E-state index in [4.69, 9.17) is 0 Å². The first-order valence-corrected chi connectivity index (χ1v) is 8.59. The fourth-order valence-corrected chi connectivity index (χ4v) is 3.01. The van der Waals surface area contributed by atoms with E-state index in [9.17, 15) is 9.59 Å². The number of rotatable bonds is 4. The van der Waals surface area contributed by atoms with Gasteiger partial charge < -0.3 is 10.2 Å². The van der Waals surface area contributed by atoms with Gasteiger partial charge in [0.1, 0.15) is 0 Å². The van der Waals surface area contributed by atoms with E-state index in [1.807, 2.05) is 72.5 Å². The molecular weight excluding hydrogens is 314 g/mol. The van der Waals surface area contributed by atoms with Gasteiger partial charge >= 0.3 is 0 Å². The van der Waals surface area contributed by atoms with Crippen LogP contribution in [0.3, 0.4) is 0 Å². The van der Waals surface area contributed by atoms with Gasteiger partial charge in [0.25, 0.3) is 5.91 Å². The van der Waals surface area contributed by atoms with Crippen LogP contribution in [0.15, 0.2) is 60.7 Å². The summed E-state index contributed by atoms with van der Waals surface area (Å²) in [4.78, 5) is 28.9. The van der Waals surface area contributed by atoms with Crippen molar-refractivity contribution >= 4 is 17.5 Å². The van der Waals surface area contributed by atoms with Crippen LogP contribution in [-0.2, 0) is 4.79 Å². The fraction of sp³-hybridized carbons (Fsp3) is 0.300. The lowest BCUT2D eigenvalue weighted by Gasteiger charge is -2.37. The summed E-state index contributed by atoms with van der Waals surface area (Å²) in [5.41, 5.74) is 1.52. The molecule has 1 saturated heterocycles. The second-order valence-corrected chi connectivity index (χ2v) is 6.23. The number of anilines is 1. The SMILES string of the molecule is C[C@H](C(=O)Nc1ccccc1)N1CCN(C(=O)c2ccccc2)CC1. The van der Waals surface area contributed by atoms with Crippen LogP contribution >= 0.6 is 0 Å². The predicted octanol–water partition coefficient (Wildman–Crippen LogP) is 2.47. The maximum atomic E-state index is 12.5. The molecule has 1 N–H and O–H groups in total. The molecule has 130 valence electrons. The maximum absolute atomic E-state index is 12.5. The number of carbonyl (C=O) groups is 2. The van der Waals surface area contributed by atoms with Gasteiger partial charge in [-0.25, -0.2) is 0 Å². The first-order valence-electron chi connectivity index (χ1n) is 8.59. The van der Waals surface area contributed by atoms with E-state index >= 15 is 0 Å². The highest BCUT2D eigenvalue weighted by Gasteiger charge is 2.27. The quantitative estimate of drug-likeness (QED) is 0.932. The lowest BCUT2D eigenvalue weighted by Crippen LogP contribution is -2.54. The molecule has 0 aromatic heterocycles. The molecular formula is C20H23N3O2. The number of nitrogens with zero attached hydrogens (tertiary/aromatic N) is 2. The molecule has 2 aromatic carbocycles. The van der Waals surface area contributed by atoms with Crippen LogP contribution in [-0.4, -0.2) is 53.8 Å². The Morgan fingerprint density at radius 1 is 0.880 bits per heavy atom. The van der Waals surface area contributed by atoms with Crippen LogP contribution in [0, 0.1) is 0 Å². The Morgan fingerprint density at radius 2 is 1.44 bits per heavy atom. The number of hydrogen-bond acceptors (Lipinski definition) is 3. The summed E-state index contributed by atoms with van der Waals surface area (Å²) in [6.45, 7) is 4.57. The molecule has 1 aliphatic heterocycles. The lowest BCUT2D eigenvalue weighted by molar-refractivity contribution is -0.121. The zero-order valence-corrected chi connectivity index (χ0v) is 14.4. The van der Waals surface area contributed by atoms with Crippen molar-refractivity contribution in [1.82, 2.24) is 9.80 Å². The fourth-order valence-electron chi connectivity index (χ4n) is 3.01.